The average Bonchev–Trinajstić information content (AvgIpc) is 3.28. The summed E-state index contributed by atoms with van der Waals surface area (Å²) in [6, 6.07) is 12.7. The van der Waals surface area contributed by atoms with Crippen molar-refractivity contribution >= 4 is 23.7 Å². The van der Waals surface area contributed by atoms with Crippen LogP contribution in [0.2, 0.25) is 0 Å². The maximum Gasteiger partial charge on any atom is 0.329 e. The Labute approximate surface area is 153 Å². The highest BCUT2D eigenvalue weighted by molar-refractivity contribution is 7.97. The van der Waals surface area contributed by atoms with Gasteiger partial charge in [0.05, 0.1) is 0 Å². The van der Waals surface area contributed by atoms with Crippen LogP contribution in [0.4, 0.5) is 10.5 Å². The van der Waals surface area contributed by atoms with Gasteiger partial charge < -0.3 is 5.32 Å². The van der Waals surface area contributed by atoms with Gasteiger partial charge in [0.1, 0.15) is 0 Å². The van der Waals surface area contributed by atoms with Crippen LogP contribution in [-0.2, 0) is 32.1 Å². The largest absolute Gasteiger partial charge is 0.329 e. The summed E-state index contributed by atoms with van der Waals surface area (Å²) in [7, 11) is 0. The molecule has 2 amide bonds. The first-order valence-electron chi connectivity index (χ1n) is 9.20. The number of carbonyl (C=O) groups is 1. The molecule has 0 fully saturated rings. The van der Waals surface area contributed by atoms with E-state index in [1.807, 2.05) is 6.07 Å². The van der Waals surface area contributed by atoms with Gasteiger partial charge in [0.25, 0.3) is 0 Å². The van der Waals surface area contributed by atoms with Gasteiger partial charge in [-0.1, -0.05) is 36.4 Å². The molecule has 2 N–H and O–H groups in total. The van der Waals surface area contributed by atoms with E-state index in [2.05, 4.69) is 40.4 Å². The molecule has 0 aliphatic heterocycles. The van der Waals surface area contributed by atoms with E-state index in [1.54, 1.807) is 0 Å². The first kappa shape index (κ1) is 16.5. The summed E-state index contributed by atoms with van der Waals surface area (Å²) in [6.45, 7) is 0. The number of carbonyl (C=O) groups excluding carboxylic acids is 1. The molecule has 4 heteroatoms. The zero-order valence-electron chi connectivity index (χ0n) is 14.4. The van der Waals surface area contributed by atoms with E-state index in [0.29, 0.717) is 0 Å². The molecule has 0 bridgehead atoms. The van der Waals surface area contributed by atoms with Crippen LogP contribution in [0.1, 0.15) is 40.7 Å². The Morgan fingerprint density at radius 1 is 0.960 bits per heavy atom. The molecule has 0 aromatic heterocycles. The Morgan fingerprint density at radius 2 is 1.64 bits per heavy atom. The SMILES string of the molecule is O=C(NSCCc1ccccc1)Nc1c2c(cc3c1CCC3)CCC2. The third-order valence-corrected chi connectivity index (χ3v) is 5.95. The minimum atomic E-state index is -0.0903. The van der Waals surface area contributed by atoms with Gasteiger partial charge in [-0.2, -0.15) is 0 Å². The first-order chi connectivity index (χ1) is 12.3. The lowest BCUT2D eigenvalue weighted by atomic mass is 9.99. The van der Waals surface area contributed by atoms with Gasteiger partial charge in [-0.25, -0.2) is 4.79 Å². The predicted molar refractivity (Wildman–Crippen MR) is 105 cm³/mol. The van der Waals surface area contributed by atoms with Crippen LogP contribution in [-0.4, -0.2) is 11.8 Å². The quantitative estimate of drug-likeness (QED) is 0.606. The van der Waals surface area contributed by atoms with Gasteiger partial charge in [-0.05, 0) is 84.7 Å². The lowest BCUT2D eigenvalue weighted by Crippen LogP contribution is -2.25. The van der Waals surface area contributed by atoms with Crippen LogP contribution in [0.5, 0.6) is 0 Å². The molecule has 0 saturated carbocycles. The van der Waals surface area contributed by atoms with E-state index in [1.165, 1.54) is 52.6 Å². The highest BCUT2D eigenvalue weighted by Gasteiger charge is 2.24. The normalized spacial score (nSPS) is 14.9. The highest BCUT2D eigenvalue weighted by atomic mass is 32.2. The molecule has 0 spiro atoms. The smallest absolute Gasteiger partial charge is 0.307 e. The number of hydrogen-bond acceptors (Lipinski definition) is 2. The van der Waals surface area contributed by atoms with Crippen LogP contribution in [0.25, 0.3) is 0 Å². The Balaban J connectivity index is 1.35. The molecule has 2 aromatic carbocycles. The molecule has 130 valence electrons. The fourth-order valence-electron chi connectivity index (χ4n) is 4.04. The van der Waals surface area contributed by atoms with Crippen molar-refractivity contribution in [1.29, 1.82) is 0 Å². The van der Waals surface area contributed by atoms with E-state index in [9.17, 15) is 4.79 Å². The maximum absolute atomic E-state index is 12.4. The Morgan fingerprint density at radius 3 is 2.32 bits per heavy atom. The van der Waals surface area contributed by atoms with Crippen LogP contribution >= 0.6 is 11.9 Å². The molecule has 2 aliphatic carbocycles. The first-order valence-corrected chi connectivity index (χ1v) is 10.2. The summed E-state index contributed by atoms with van der Waals surface area (Å²) in [5, 5.41) is 3.17. The van der Waals surface area contributed by atoms with Crippen LogP contribution in [0.15, 0.2) is 36.4 Å². The van der Waals surface area contributed by atoms with Crippen molar-refractivity contribution < 1.29 is 4.79 Å². The van der Waals surface area contributed by atoms with Crippen molar-refractivity contribution in [3.05, 3.63) is 64.2 Å². The molecule has 2 aromatic rings. The molecule has 0 heterocycles. The summed E-state index contributed by atoms with van der Waals surface area (Å²) >= 11 is 1.48. The van der Waals surface area contributed by atoms with Gasteiger partial charge in [0.2, 0.25) is 0 Å². The lowest BCUT2D eigenvalue weighted by Gasteiger charge is -2.16. The fraction of sp³-hybridized carbons (Fsp3) is 0.381. The van der Waals surface area contributed by atoms with Gasteiger partial charge in [0.15, 0.2) is 0 Å². The number of urea groups is 1. The molecule has 2 aliphatic rings. The second-order valence-corrected chi connectivity index (χ2v) is 7.78. The van der Waals surface area contributed by atoms with E-state index < -0.39 is 0 Å². The minimum absolute atomic E-state index is 0.0903. The number of anilines is 1. The number of benzene rings is 2. The van der Waals surface area contributed by atoms with E-state index in [4.69, 9.17) is 0 Å². The summed E-state index contributed by atoms with van der Waals surface area (Å²) in [4.78, 5) is 12.4. The van der Waals surface area contributed by atoms with Crippen LogP contribution < -0.4 is 10.0 Å². The molecule has 0 saturated heterocycles. The molecule has 0 unspecified atom stereocenters. The molecular weight excluding hydrogens is 328 g/mol. The summed E-state index contributed by atoms with van der Waals surface area (Å²) in [5.74, 6) is 0.877. The topological polar surface area (TPSA) is 41.1 Å². The zero-order valence-corrected chi connectivity index (χ0v) is 15.3. The summed E-state index contributed by atoms with van der Waals surface area (Å²) in [6.07, 6.45) is 7.89. The number of fused-ring (bicyclic) bond motifs is 2. The van der Waals surface area contributed by atoms with E-state index in [-0.39, 0.29) is 6.03 Å². The van der Waals surface area contributed by atoms with E-state index >= 15 is 0 Å². The number of rotatable bonds is 5. The number of aryl methyl sites for hydroxylation is 3. The van der Waals surface area contributed by atoms with Gasteiger partial charge >= 0.3 is 6.03 Å². The van der Waals surface area contributed by atoms with Gasteiger partial charge in [0, 0.05) is 11.4 Å². The molecule has 0 atom stereocenters. The Bertz CT molecular complexity index is 741. The Kier molecular flexibility index (Phi) is 4.97. The van der Waals surface area contributed by atoms with Crippen molar-refractivity contribution in [2.24, 2.45) is 0 Å². The fourth-order valence-corrected chi connectivity index (χ4v) is 4.66. The molecular formula is C21H24N2OS. The predicted octanol–water partition coefficient (Wildman–Crippen LogP) is 4.68. The van der Waals surface area contributed by atoms with Crippen molar-refractivity contribution in [2.75, 3.05) is 11.1 Å². The van der Waals surface area contributed by atoms with Crippen molar-refractivity contribution in [3.8, 4) is 0 Å². The lowest BCUT2D eigenvalue weighted by molar-refractivity contribution is 0.257. The molecule has 25 heavy (non-hydrogen) atoms. The number of amides is 2. The minimum Gasteiger partial charge on any atom is -0.307 e. The summed E-state index contributed by atoms with van der Waals surface area (Å²) < 4.78 is 2.95. The second kappa shape index (κ2) is 7.52. The van der Waals surface area contributed by atoms with Gasteiger partial charge in [-0.15, -0.1) is 0 Å². The zero-order chi connectivity index (χ0) is 17.1. The maximum atomic E-state index is 12.4. The second-order valence-electron chi connectivity index (χ2n) is 6.87. The number of nitrogens with one attached hydrogen (secondary N) is 2. The van der Waals surface area contributed by atoms with Crippen LogP contribution in [0, 0.1) is 0 Å². The van der Waals surface area contributed by atoms with E-state index in [0.717, 1.165) is 43.5 Å². The van der Waals surface area contributed by atoms with Crippen molar-refractivity contribution in [2.45, 2.75) is 44.9 Å². The van der Waals surface area contributed by atoms with Crippen LogP contribution in [0.3, 0.4) is 0 Å². The van der Waals surface area contributed by atoms with Gasteiger partial charge in [-0.3, -0.25) is 4.72 Å². The standard InChI is InChI=1S/C21H24N2OS/c24-21(23-25-13-12-15-6-2-1-3-7-15)22-20-18-10-4-8-16(18)14-17-9-5-11-19(17)20/h1-3,6-7,14H,4-5,8-13H2,(H2,22,23,24). The summed E-state index contributed by atoms with van der Waals surface area (Å²) in [5.41, 5.74) is 8.08. The molecule has 4 rings (SSSR count). The van der Waals surface area contributed by atoms with Crippen molar-refractivity contribution in [3.63, 3.8) is 0 Å². The number of hydrogen-bond donors (Lipinski definition) is 2. The highest BCUT2D eigenvalue weighted by Crippen LogP contribution is 2.38. The van der Waals surface area contributed by atoms with Crippen molar-refractivity contribution in [1.82, 2.24) is 4.72 Å². The monoisotopic (exact) mass is 352 g/mol. The Hall–Kier alpha value is -1.94. The average molecular weight is 353 g/mol. The molecule has 3 nitrogen and oxygen atoms in total. The molecule has 0 radical (unpaired) electrons. The third kappa shape index (κ3) is 3.69. The third-order valence-electron chi connectivity index (χ3n) is 5.21.